The summed E-state index contributed by atoms with van der Waals surface area (Å²) in [6.07, 6.45) is 0.192. The highest BCUT2D eigenvalue weighted by Crippen LogP contribution is 2.22. The molecule has 3 nitrogen and oxygen atoms in total. The van der Waals surface area contributed by atoms with Crippen LogP contribution >= 0.6 is 11.6 Å². The van der Waals surface area contributed by atoms with Crippen LogP contribution in [-0.2, 0) is 6.42 Å². The fraction of sp³-hybridized carbons (Fsp3) is 0.111. The van der Waals surface area contributed by atoms with Crippen molar-refractivity contribution in [3.8, 4) is 12.1 Å². The van der Waals surface area contributed by atoms with Gasteiger partial charge in [0.05, 0.1) is 23.1 Å². The Bertz CT molecular complexity index is 412. The predicted octanol–water partition coefficient (Wildman–Crippen LogP) is 1.86. The van der Waals surface area contributed by atoms with Gasteiger partial charge in [-0.25, -0.2) is 0 Å². The molecule has 0 aliphatic heterocycles. The number of hydrogen-bond acceptors (Lipinski definition) is 3. The molecule has 0 aliphatic carbocycles. The lowest BCUT2D eigenvalue weighted by Gasteiger charge is -2.02. The summed E-state index contributed by atoms with van der Waals surface area (Å²) < 4.78 is 0. The van der Waals surface area contributed by atoms with Gasteiger partial charge in [-0.1, -0.05) is 11.6 Å². The van der Waals surface area contributed by atoms with E-state index in [0.29, 0.717) is 21.8 Å². The topological polar surface area (TPSA) is 73.6 Å². The van der Waals surface area contributed by atoms with Gasteiger partial charge in [-0.2, -0.15) is 10.5 Å². The van der Waals surface area contributed by atoms with Crippen LogP contribution in [0.4, 0.5) is 5.69 Å². The number of hydrogen-bond donors (Lipinski definition) is 1. The van der Waals surface area contributed by atoms with Gasteiger partial charge in [0.1, 0.15) is 6.07 Å². The van der Waals surface area contributed by atoms with E-state index >= 15 is 0 Å². The number of halogens is 1. The second-order valence-electron chi connectivity index (χ2n) is 2.48. The number of nitrogen functional groups attached to an aromatic ring is 1. The first-order valence-corrected chi connectivity index (χ1v) is 3.91. The number of nitrogens with zero attached hydrogens (tertiary/aromatic N) is 2. The Hall–Kier alpha value is -1.71. The molecule has 1 rings (SSSR count). The molecular weight excluding hydrogens is 186 g/mol. The number of rotatable bonds is 1. The molecule has 0 amide bonds. The van der Waals surface area contributed by atoms with Gasteiger partial charge in [-0.15, -0.1) is 0 Å². The third-order valence-corrected chi connectivity index (χ3v) is 1.93. The Labute approximate surface area is 81.0 Å². The summed E-state index contributed by atoms with van der Waals surface area (Å²) in [5.41, 5.74) is 7.03. The summed E-state index contributed by atoms with van der Waals surface area (Å²) in [5, 5.41) is 17.4. The summed E-state index contributed by atoms with van der Waals surface area (Å²) >= 11 is 5.72. The van der Waals surface area contributed by atoms with Crippen molar-refractivity contribution < 1.29 is 0 Å². The quantitative estimate of drug-likeness (QED) is 0.689. The molecule has 0 spiro atoms. The second-order valence-corrected chi connectivity index (χ2v) is 2.88. The molecule has 0 heterocycles. The van der Waals surface area contributed by atoms with Gasteiger partial charge >= 0.3 is 0 Å². The van der Waals surface area contributed by atoms with E-state index in [1.54, 1.807) is 6.07 Å². The molecule has 0 bridgehead atoms. The van der Waals surface area contributed by atoms with E-state index in [2.05, 4.69) is 0 Å². The third-order valence-electron chi connectivity index (χ3n) is 1.62. The van der Waals surface area contributed by atoms with E-state index < -0.39 is 0 Å². The Balaban J connectivity index is 3.26. The van der Waals surface area contributed by atoms with Crippen molar-refractivity contribution in [1.82, 2.24) is 0 Å². The van der Waals surface area contributed by atoms with E-state index in [4.69, 9.17) is 27.9 Å². The average molecular weight is 192 g/mol. The lowest BCUT2D eigenvalue weighted by atomic mass is 10.1. The summed E-state index contributed by atoms with van der Waals surface area (Å²) in [4.78, 5) is 0. The van der Waals surface area contributed by atoms with Gasteiger partial charge in [0.25, 0.3) is 0 Å². The van der Waals surface area contributed by atoms with Crippen molar-refractivity contribution in [1.29, 1.82) is 10.5 Å². The highest BCUT2D eigenvalue weighted by molar-refractivity contribution is 6.32. The molecule has 0 atom stereocenters. The highest BCUT2D eigenvalue weighted by atomic mass is 35.5. The molecule has 2 N–H and O–H groups in total. The van der Waals surface area contributed by atoms with Gasteiger partial charge in [0.15, 0.2) is 0 Å². The van der Waals surface area contributed by atoms with Crippen molar-refractivity contribution >= 4 is 17.3 Å². The molecule has 0 aromatic heterocycles. The van der Waals surface area contributed by atoms with Gasteiger partial charge in [0, 0.05) is 5.69 Å². The monoisotopic (exact) mass is 191 g/mol. The zero-order chi connectivity index (χ0) is 9.84. The van der Waals surface area contributed by atoms with Crippen LogP contribution in [0.1, 0.15) is 11.1 Å². The van der Waals surface area contributed by atoms with Crippen molar-refractivity contribution in [2.45, 2.75) is 6.42 Å². The minimum absolute atomic E-state index is 0.192. The largest absolute Gasteiger partial charge is 0.398 e. The van der Waals surface area contributed by atoms with Crippen LogP contribution in [0.3, 0.4) is 0 Å². The van der Waals surface area contributed by atoms with Crippen molar-refractivity contribution in [2.75, 3.05) is 5.73 Å². The van der Waals surface area contributed by atoms with E-state index in [0.717, 1.165) is 0 Å². The van der Waals surface area contributed by atoms with Gasteiger partial charge in [0.2, 0.25) is 0 Å². The molecule has 0 unspecified atom stereocenters. The van der Waals surface area contributed by atoms with Gasteiger partial charge in [-0.05, 0) is 17.7 Å². The molecule has 64 valence electrons. The lowest BCUT2D eigenvalue weighted by Crippen LogP contribution is -1.94. The van der Waals surface area contributed by atoms with E-state index in [1.165, 1.54) is 6.07 Å². The summed E-state index contributed by atoms with van der Waals surface area (Å²) in [6, 6.07) is 6.92. The van der Waals surface area contributed by atoms with E-state index in [-0.39, 0.29) is 6.42 Å². The standard InChI is InChI=1S/C9H6ClN3/c10-8-4-9(13)6(1-2-11)3-7(8)5-12/h3-4H,1,13H2. The van der Waals surface area contributed by atoms with Crippen LogP contribution in [0.5, 0.6) is 0 Å². The van der Waals surface area contributed by atoms with Crippen molar-refractivity contribution in [2.24, 2.45) is 0 Å². The Morgan fingerprint density at radius 1 is 1.38 bits per heavy atom. The summed E-state index contributed by atoms with van der Waals surface area (Å²) in [5.74, 6) is 0. The minimum Gasteiger partial charge on any atom is -0.398 e. The number of nitrogens with two attached hydrogens (primary N) is 1. The van der Waals surface area contributed by atoms with Crippen LogP contribution in [-0.4, -0.2) is 0 Å². The smallest absolute Gasteiger partial charge is 0.101 e. The Morgan fingerprint density at radius 3 is 2.62 bits per heavy atom. The first-order valence-electron chi connectivity index (χ1n) is 3.54. The summed E-state index contributed by atoms with van der Waals surface area (Å²) in [7, 11) is 0. The Morgan fingerprint density at radius 2 is 2.08 bits per heavy atom. The third kappa shape index (κ3) is 1.90. The van der Waals surface area contributed by atoms with E-state index in [9.17, 15) is 0 Å². The molecule has 13 heavy (non-hydrogen) atoms. The van der Waals surface area contributed by atoms with Gasteiger partial charge < -0.3 is 5.73 Å². The molecule has 0 radical (unpaired) electrons. The normalized spacial score (nSPS) is 8.85. The van der Waals surface area contributed by atoms with Crippen LogP contribution in [0, 0.1) is 22.7 Å². The minimum atomic E-state index is 0.192. The van der Waals surface area contributed by atoms with Crippen LogP contribution in [0.15, 0.2) is 12.1 Å². The molecule has 0 aliphatic rings. The second kappa shape index (κ2) is 3.80. The highest BCUT2D eigenvalue weighted by Gasteiger charge is 2.05. The number of anilines is 1. The lowest BCUT2D eigenvalue weighted by molar-refractivity contribution is 1.26. The fourth-order valence-electron chi connectivity index (χ4n) is 0.957. The molecule has 1 aromatic rings. The first-order chi connectivity index (χ1) is 6.19. The van der Waals surface area contributed by atoms with E-state index in [1.807, 2.05) is 12.1 Å². The molecule has 0 fully saturated rings. The maximum atomic E-state index is 8.64. The number of nitriles is 2. The van der Waals surface area contributed by atoms with Gasteiger partial charge in [-0.3, -0.25) is 0 Å². The van der Waals surface area contributed by atoms with Crippen LogP contribution in [0.2, 0.25) is 5.02 Å². The zero-order valence-electron chi connectivity index (χ0n) is 6.71. The summed E-state index contributed by atoms with van der Waals surface area (Å²) in [6.45, 7) is 0. The Kier molecular flexibility index (Phi) is 2.74. The molecule has 1 aromatic carbocycles. The van der Waals surface area contributed by atoms with Crippen LogP contribution in [0.25, 0.3) is 0 Å². The fourth-order valence-corrected chi connectivity index (χ4v) is 1.17. The molecular formula is C9H6ClN3. The van der Waals surface area contributed by atoms with Crippen molar-refractivity contribution in [3.63, 3.8) is 0 Å². The SMILES string of the molecule is N#CCc1cc(C#N)c(Cl)cc1N. The maximum absolute atomic E-state index is 8.64. The zero-order valence-corrected chi connectivity index (χ0v) is 7.47. The van der Waals surface area contributed by atoms with Crippen LogP contribution < -0.4 is 5.73 Å². The number of benzene rings is 1. The molecule has 4 heteroatoms. The molecule has 0 saturated carbocycles. The van der Waals surface area contributed by atoms with Crippen molar-refractivity contribution in [3.05, 3.63) is 28.3 Å². The predicted molar refractivity (Wildman–Crippen MR) is 49.9 cm³/mol. The molecule has 0 saturated heterocycles. The maximum Gasteiger partial charge on any atom is 0.101 e. The first kappa shape index (κ1) is 9.38. The average Bonchev–Trinajstić information content (AvgIpc) is 2.10.